The first-order chi connectivity index (χ1) is 57.8. The zero-order valence-corrected chi connectivity index (χ0v) is 80.8. The Morgan fingerprint density at radius 1 is 0.492 bits per heavy atom. The summed E-state index contributed by atoms with van der Waals surface area (Å²) in [5.74, 6) is 6.50. The van der Waals surface area contributed by atoms with Gasteiger partial charge >= 0.3 is 29.6 Å². The Kier molecular flexibility index (Phi) is 32.6. The number of fused-ring (bicyclic) bond motifs is 8. The molecule has 122 heavy (non-hydrogen) atoms. The minimum Gasteiger partial charge on any atom is -0.857 e. The average molecular weight is 1740 g/mol. The van der Waals surface area contributed by atoms with Crippen LogP contribution in [0.15, 0.2) is 165 Å². The number of carbonyl (C=O) groups excluding carboxylic acids is 3. The smallest absolute Gasteiger partial charge is 0.857 e. The summed E-state index contributed by atoms with van der Waals surface area (Å²) in [7, 11) is 9.54. The van der Waals surface area contributed by atoms with Gasteiger partial charge in [-0.1, -0.05) is 270 Å². The molecule has 15 atom stereocenters. The summed E-state index contributed by atoms with van der Waals surface area (Å²) >= 11 is 3.36. The van der Waals surface area contributed by atoms with Crippen molar-refractivity contribution in [2.24, 2.45) is 67.5 Å². The van der Waals surface area contributed by atoms with E-state index in [-0.39, 0.29) is 86.5 Å². The van der Waals surface area contributed by atoms with Crippen LogP contribution in [0.25, 0.3) is 4.85 Å². The summed E-state index contributed by atoms with van der Waals surface area (Å²) in [4.78, 5) is 48.2. The first-order valence-electron chi connectivity index (χ1n) is 45.6. The molecule has 3 aromatic heterocycles. The maximum Gasteiger partial charge on any atom is 1.00 e. The minimum atomic E-state index is -0.450. The molecule has 6 saturated carbocycles. The molecule has 0 amide bonds. The van der Waals surface area contributed by atoms with E-state index in [1.807, 2.05) is 62.8 Å². The van der Waals surface area contributed by atoms with Gasteiger partial charge in [0.2, 0.25) is 5.78 Å². The fraction of sp³-hybridized carbons (Fsp3) is 0.615. The number of nitriles is 1. The number of aromatic nitrogens is 3. The molecule has 0 radical (unpaired) electrons. The second kappa shape index (κ2) is 40.7. The first kappa shape index (κ1) is 97.7. The topological polar surface area (TPSA) is 202 Å². The van der Waals surface area contributed by atoms with Crippen LogP contribution in [0.2, 0.25) is 0 Å². The monoisotopic (exact) mass is 1740 g/mol. The number of rotatable bonds is 11. The third kappa shape index (κ3) is 21.2. The molecule has 6 fully saturated rings. The third-order valence-corrected chi connectivity index (χ3v) is 32.2. The predicted molar refractivity (Wildman–Crippen MR) is 490 cm³/mol. The van der Waals surface area contributed by atoms with E-state index in [0.717, 1.165) is 126 Å². The normalized spacial score (nSPS) is 31.0. The van der Waals surface area contributed by atoms with Crippen molar-refractivity contribution >= 4 is 33.3 Å². The average Bonchev–Trinajstić information content (AvgIpc) is 1.53. The van der Waals surface area contributed by atoms with Gasteiger partial charge in [0, 0.05) is 115 Å². The standard InChI is InChI=1S/2C22H30N2O.C22H28N2O.C15H24N2O.C14H19NO2.C7H7Br.CH3O.CH4.Na.H2/c1-21(2)19-11-10-18(24(4)15-16-8-6-5-7-9-16)13-22(19,3)12-17-14-23-25-20(17)21;1-21(2)19-12-11-17(24(5)15-16-9-7-6-8-10-16)13-22(19,3)14-18(23-4)20(21)25;1-21(2)19-11-10-18(24(4)15-16-8-6-5-7-9-16)13-22(19,3)12-17(14-23)20(21)25;1-14(2)12-6-5-11(16-4)8-15(12,3)7-10-9-17-18-13(10)14;1-13(2)11-5-4-10(16)7-14(11,3)6-9-8-15-17-12(9)13;8-6-7-4-2-1-3-5-7;1-2;;;/h5-9,14,18-19H,10-13,15H2,1-4H3;6-10,17-19H,11-15H2,1-3,5H3;5-9,12,18-19H,10-11,13,15H2,1-4H3;9,11-12,16H,5-8H2,1-4H3;8,11H,4-7H2,1-3H3;1-5H,6H2;1H3;1H4;;1H/q;;;;;;-1;;+1;/t18-,19-,22+;17-,18?,19-,22-;18-,19-,22+;11-,12-,15+;11-,14+;;;;;/m00000...../s1/i;;;;;;;;;1+1D. The van der Waals surface area contributed by atoms with Crippen molar-refractivity contribution in [2.75, 3.05) is 35.3 Å². The van der Waals surface area contributed by atoms with Gasteiger partial charge in [-0.05, 0) is 210 Å². The molecule has 10 aliphatic rings. The molecule has 1 unspecified atom stereocenters. The molecule has 658 valence electrons. The Morgan fingerprint density at radius 2 is 0.852 bits per heavy atom. The maximum atomic E-state index is 12.7. The molecule has 0 saturated heterocycles. The van der Waals surface area contributed by atoms with Gasteiger partial charge in [-0.2, -0.15) is 12.4 Å². The molecule has 3 heterocycles. The third-order valence-electron chi connectivity index (χ3n) is 31.5. The molecular formula is C104H147BrN9NaO7. The summed E-state index contributed by atoms with van der Waals surface area (Å²) in [6.45, 7) is 44.2. The molecule has 1 N–H and O–H groups in total. The van der Waals surface area contributed by atoms with Crippen molar-refractivity contribution in [3.63, 3.8) is 0 Å². The van der Waals surface area contributed by atoms with Gasteiger partial charge in [0.15, 0.2) is 5.78 Å². The van der Waals surface area contributed by atoms with Crippen LogP contribution in [-0.4, -0.2) is 113 Å². The number of nitrogens with one attached hydrogen (secondary N) is 1. The van der Waals surface area contributed by atoms with Crippen molar-refractivity contribution in [2.45, 2.75) is 305 Å². The second-order valence-electron chi connectivity index (χ2n) is 41.9. The number of halogens is 1. The fourth-order valence-electron chi connectivity index (χ4n) is 26.0. The number of ketones is 3. The van der Waals surface area contributed by atoms with Gasteiger partial charge in [-0.25, -0.2) is 6.57 Å². The van der Waals surface area contributed by atoms with Crippen LogP contribution < -0.4 is 40.0 Å². The molecule has 7 aromatic rings. The summed E-state index contributed by atoms with van der Waals surface area (Å²) < 4.78 is 26.7. The number of hydrogen-bond acceptors (Lipinski definition) is 15. The number of hydrogen-bond donors (Lipinski definition) is 1. The molecule has 0 bridgehead atoms. The second-order valence-corrected chi connectivity index (χ2v) is 42.5. The van der Waals surface area contributed by atoms with Gasteiger partial charge in [-0.15, -0.1) is 0 Å². The molecule has 18 heteroatoms. The Bertz CT molecular complexity index is 4710. The van der Waals surface area contributed by atoms with E-state index in [4.69, 9.17) is 28.2 Å². The largest absolute Gasteiger partial charge is 1.00 e. The van der Waals surface area contributed by atoms with E-state index in [9.17, 15) is 19.6 Å². The van der Waals surface area contributed by atoms with Gasteiger partial charge in [0.05, 0.1) is 24.2 Å². The number of alkyl halides is 1. The zero-order valence-electron chi connectivity index (χ0n) is 79.2. The van der Waals surface area contributed by atoms with Crippen LogP contribution >= 0.6 is 15.9 Å². The van der Waals surface area contributed by atoms with E-state index in [0.29, 0.717) is 82.4 Å². The van der Waals surface area contributed by atoms with E-state index in [2.05, 4.69) is 278 Å². The first-order valence-corrected chi connectivity index (χ1v) is 45.7. The SMILES string of the molecule is BrCc1ccccc1.C.CC1(C)c2oncc2C[C@]2(C)CC(=O)CC[C@@H]12.CN(Cc1ccccc1)[C@H]1CC[C@H]2C(C)(C)C(=O)C(C#N)=C[C@]2(C)C1.CN(Cc1ccccc1)[C@H]1CC[C@H]2C(C)(C)c3oncc3C[C@]2(C)C1.CN[C@H]1CC[C@H]2C(C)(C)c3oncc3C[C@]2(C)C1.C[O-].[2H][2H].[C-]#[N+]C1C[C@]2(C)C[C@@H](N(C)Cc3ccccc3)CC[C@H]2C(C)(C)C1=O.[Na+]. The number of Topliss-reactive ketones (excluding diaryl/α,β-unsaturated/α-hetero) is 3. The van der Waals surface area contributed by atoms with Gasteiger partial charge in [0.1, 0.15) is 29.1 Å². The Hall–Kier alpha value is -6.48. The zero-order chi connectivity index (χ0) is 89.2. The number of carbonyl (C=O) groups is 3. The summed E-state index contributed by atoms with van der Waals surface area (Å²) in [5.41, 5.74) is 9.80. The van der Waals surface area contributed by atoms with E-state index in [1.165, 1.54) is 77.5 Å². The van der Waals surface area contributed by atoms with Crippen molar-refractivity contribution < 1.29 is 65.6 Å². The van der Waals surface area contributed by atoms with Crippen molar-refractivity contribution in [3.05, 3.63) is 219 Å². The van der Waals surface area contributed by atoms with Gasteiger partial charge < -0.3 is 28.8 Å². The Balaban J connectivity index is 0.000000186. The van der Waals surface area contributed by atoms with E-state index in [1.54, 1.807) is 0 Å². The van der Waals surface area contributed by atoms with Crippen molar-refractivity contribution in [1.82, 2.24) is 35.5 Å². The van der Waals surface area contributed by atoms with Crippen LogP contribution in [0.4, 0.5) is 0 Å². The fourth-order valence-corrected chi connectivity index (χ4v) is 26.4. The quantitative estimate of drug-likeness (QED) is 0.0727. The Morgan fingerprint density at radius 3 is 1.25 bits per heavy atom. The molecule has 4 aromatic carbocycles. The van der Waals surface area contributed by atoms with Crippen LogP contribution in [0.3, 0.4) is 0 Å². The van der Waals surface area contributed by atoms with E-state index >= 15 is 0 Å². The minimum absolute atomic E-state index is 0. The van der Waals surface area contributed by atoms with Crippen LogP contribution in [0, 0.1) is 85.4 Å². The molecule has 0 aliphatic heterocycles. The Labute approximate surface area is 766 Å². The van der Waals surface area contributed by atoms with Crippen LogP contribution in [0.1, 0.15) is 273 Å². The molecule has 17 rings (SSSR count). The van der Waals surface area contributed by atoms with Crippen molar-refractivity contribution in [1.29, 1.82) is 5.26 Å². The van der Waals surface area contributed by atoms with E-state index < -0.39 is 11.5 Å². The molecule has 0 spiro atoms. The number of benzene rings is 4. The molecular weight excluding hydrogens is 1590 g/mol. The van der Waals surface area contributed by atoms with Crippen LogP contribution in [-0.2, 0) is 74.9 Å². The number of nitrogens with zero attached hydrogens (tertiary/aromatic N) is 8. The predicted octanol–water partition coefficient (Wildman–Crippen LogP) is 19.0. The summed E-state index contributed by atoms with van der Waals surface area (Å²) in [6, 6.07) is 46.3. The number of allylic oxidation sites excluding steroid dienone is 2. The summed E-state index contributed by atoms with van der Waals surface area (Å²) in [6.07, 6.45) is 28.1. The van der Waals surface area contributed by atoms with Crippen LogP contribution in [0.5, 0.6) is 0 Å². The molecule has 10 aliphatic carbocycles. The van der Waals surface area contributed by atoms with Crippen molar-refractivity contribution in [3.8, 4) is 6.07 Å². The summed E-state index contributed by atoms with van der Waals surface area (Å²) in [5, 5.41) is 34.2. The van der Waals surface area contributed by atoms with Gasteiger partial charge in [-0.3, -0.25) is 29.1 Å². The van der Waals surface area contributed by atoms with Gasteiger partial charge in [0.25, 0.3) is 6.04 Å². The maximum absolute atomic E-state index is 12.7. The molecule has 16 nitrogen and oxygen atoms in total.